The fourth-order valence-corrected chi connectivity index (χ4v) is 0.382. The third-order valence-corrected chi connectivity index (χ3v) is 1.26. The Morgan fingerprint density at radius 1 is 1.44 bits per heavy atom. The van der Waals surface area contributed by atoms with Crippen molar-refractivity contribution in [1.29, 1.82) is 0 Å². The minimum Gasteiger partial charge on any atom is -0.478 e. The van der Waals surface area contributed by atoms with Crippen LogP contribution in [0.1, 0.15) is 0 Å². The third kappa shape index (κ3) is 2.40. The summed E-state index contributed by atoms with van der Waals surface area (Å²) in [7, 11) is -4.85. The quantitative estimate of drug-likeness (QED) is 0.410. The first-order valence-corrected chi connectivity index (χ1v) is 3.23. The molecular weight excluding hydrogens is 152 g/mol. The molecule has 3 N–H and O–H groups in total. The fraction of sp³-hybridized carbons (Fsp3) is 0.500. The molecule has 0 bridgehead atoms. The van der Waals surface area contributed by atoms with Gasteiger partial charge in [0.05, 0.1) is 0 Å². The Morgan fingerprint density at radius 2 is 1.78 bits per heavy atom. The maximum atomic E-state index is 9.70. The molecule has 0 radical (unpaired) electrons. The van der Waals surface area contributed by atoms with Gasteiger partial charge in [0, 0.05) is 0 Å². The molecule has 54 valence electrons. The van der Waals surface area contributed by atoms with Crippen molar-refractivity contribution in [2.24, 2.45) is 0 Å². The summed E-state index contributed by atoms with van der Waals surface area (Å²) in [5.41, 5.74) is -2.74. The van der Waals surface area contributed by atoms with Gasteiger partial charge >= 0.3 is 16.1 Å². The highest BCUT2D eigenvalue weighted by Gasteiger charge is 2.27. The first-order chi connectivity index (χ1) is 3.85. The fourth-order valence-electron chi connectivity index (χ4n) is 0.127. The number of aliphatic carboxylic acids is 1. The number of rotatable bonds is 2. The zero-order valence-electron chi connectivity index (χ0n) is 4.05. The SMILES string of the molecule is O=C(O)C(O)S(=O)(=O)O. The monoisotopic (exact) mass is 156 g/mol. The van der Waals surface area contributed by atoms with E-state index in [2.05, 4.69) is 0 Å². The molecule has 0 aliphatic carbocycles. The Morgan fingerprint density at radius 3 is 1.78 bits per heavy atom. The lowest BCUT2D eigenvalue weighted by Gasteiger charge is -1.97. The van der Waals surface area contributed by atoms with E-state index in [1.165, 1.54) is 0 Å². The van der Waals surface area contributed by atoms with Gasteiger partial charge in [0.2, 0.25) is 0 Å². The number of carbonyl (C=O) groups is 1. The Bertz CT molecular complexity index is 201. The van der Waals surface area contributed by atoms with Crippen LogP contribution < -0.4 is 0 Å². The topological polar surface area (TPSA) is 112 Å². The van der Waals surface area contributed by atoms with Crippen LogP contribution in [0, 0.1) is 0 Å². The van der Waals surface area contributed by atoms with E-state index >= 15 is 0 Å². The van der Waals surface area contributed by atoms with Crippen molar-refractivity contribution in [1.82, 2.24) is 0 Å². The lowest BCUT2D eigenvalue weighted by molar-refractivity contribution is -0.142. The van der Waals surface area contributed by atoms with E-state index in [0.29, 0.717) is 0 Å². The van der Waals surface area contributed by atoms with Gasteiger partial charge in [-0.2, -0.15) is 8.42 Å². The van der Waals surface area contributed by atoms with Crippen molar-refractivity contribution in [3.8, 4) is 0 Å². The largest absolute Gasteiger partial charge is 0.478 e. The van der Waals surface area contributed by atoms with Crippen LogP contribution >= 0.6 is 0 Å². The van der Waals surface area contributed by atoms with Crippen molar-refractivity contribution in [3.05, 3.63) is 0 Å². The molecule has 0 fully saturated rings. The van der Waals surface area contributed by atoms with E-state index in [9.17, 15) is 13.2 Å². The summed E-state index contributed by atoms with van der Waals surface area (Å²) in [4.78, 5) is 9.56. The van der Waals surface area contributed by atoms with Gasteiger partial charge in [-0.3, -0.25) is 4.55 Å². The standard InChI is InChI=1S/C2H4O6S/c3-1(4)2(5)9(6,7)8/h2,5H,(H,3,4)(H,6,7,8). The number of aliphatic hydroxyl groups excluding tert-OH is 1. The smallest absolute Gasteiger partial charge is 0.351 e. The van der Waals surface area contributed by atoms with Crippen LogP contribution in [0.4, 0.5) is 0 Å². The summed E-state index contributed by atoms with van der Waals surface area (Å²) in [5, 5.41) is 15.8. The van der Waals surface area contributed by atoms with Crippen molar-refractivity contribution >= 4 is 16.1 Å². The predicted molar refractivity (Wildman–Crippen MR) is 25.2 cm³/mol. The van der Waals surface area contributed by atoms with Gasteiger partial charge in [0.15, 0.2) is 0 Å². The molecule has 6 nitrogen and oxygen atoms in total. The summed E-state index contributed by atoms with van der Waals surface area (Å²) in [6.45, 7) is 0. The summed E-state index contributed by atoms with van der Waals surface area (Å²) < 4.78 is 27.2. The van der Waals surface area contributed by atoms with E-state index in [-0.39, 0.29) is 0 Å². The van der Waals surface area contributed by atoms with Crippen LogP contribution in [0.3, 0.4) is 0 Å². The van der Waals surface area contributed by atoms with Gasteiger partial charge in [-0.05, 0) is 0 Å². The number of hydrogen-bond acceptors (Lipinski definition) is 4. The predicted octanol–water partition coefficient (Wildman–Crippen LogP) is -1.72. The summed E-state index contributed by atoms with van der Waals surface area (Å²) >= 11 is 0. The molecule has 7 heteroatoms. The Labute approximate surface area is 50.5 Å². The van der Waals surface area contributed by atoms with Crippen LogP contribution in [-0.2, 0) is 14.9 Å². The second-order valence-electron chi connectivity index (χ2n) is 1.21. The van der Waals surface area contributed by atoms with Gasteiger partial charge in [0.1, 0.15) is 0 Å². The summed E-state index contributed by atoms with van der Waals surface area (Å²) in [5.74, 6) is -2.00. The molecule has 0 aromatic carbocycles. The summed E-state index contributed by atoms with van der Waals surface area (Å²) in [6, 6.07) is 0. The number of carboxylic acid groups (broad SMARTS) is 1. The van der Waals surface area contributed by atoms with Crippen LogP contribution in [0.2, 0.25) is 0 Å². The summed E-state index contributed by atoms with van der Waals surface area (Å²) in [6.07, 6.45) is 0. The lowest BCUT2D eigenvalue weighted by Crippen LogP contribution is -2.28. The molecule has 0 spiro atoms. The highest BCUT2D eigenvalue weighted by Crippen LogP contribution is 1.91. The first-order valence-electron chi connectivity index (χ1n) is 1.73. The Hall–Kier alpha value is -0.660. The van der Waals surface area contributed by atoms with Crippen molar-refractivity contribution in [3.63, 3.8) is 0 Å². The third-order valence-electron chi connectivity index (χ3n) is 0.493. The molecule has 0 aromatic rings. The Balaban J connectivity index is 4.43. The number of carboxylic acids is 1. The van der Waals surface area contributed by atoms with Gasteiger partial charge in [0.25, 0.3) is 5.44 Å². The molecule has 0 aliphatic heterocycles. The molecule has 1 atom stereocenters. The van der Waals surface area contributed by atoms with E-state index in [1.807, 2.05) is 0 Å². The number of hydrogen-bond donors (Lipinski definition) is 3. The molecule has 9 heavy (non-hydrogen) atoms. The molecule has 0 amide bonds. The number of aliphatic hydroxyl groups is 1. The van der Waals surface area contributed by atoms with Crippen LogP contribution in [-0.4, -0.2) is 34.6 Å². The van der Waals surface area contributed by atoms with Crippen molar-refractivity contribution < 1.29 is 28.0 Å². The van der Waals surface area contributed by atoms with Crippen LogP contribution in [0.5, 0.6) is 0 Å². The van der Waals surface area contributed by atoms with Gasteiger partial charge in [-0.25, -0.2) is 4.79 Å². The maximum absolute atomic E-state index is 9.70. The van der Waals surface area contributed by atoms with Gasteiger partial charge in [-0.1, -0.05) is 0 Å². The maximum Gasteiger partial charge on any atom is 0.351 e. The normalized spacial score (nSPS) is 14.9. The average molecular weight is 156 g/mol. The molecular formula is C2H4O6S. The zero-order chi connectivity index (χ0) is 7.65. The Kier molecular flexibility index (Phi) is 2.13. The second-order valence-corrected chi connectivity index (χ2v) is 2.68. The highest BCUT2D eigenvalue weighted by atomic mass is 32.2. The van der Waals surface area contributed by atoms with Gasteiger partial charge in [-0.15, -0.1) is 0 Å². The molecule has 0 saturated heterocycles. The lowest BCUT2D eigenvalue weighted by atomic mass is 10.7. The van der Waals surface area contributed by atoms with Crippen molar-refractivity contribution in [2.75, 3.05) is 0 Å². The zero-order valence-corrected chi connectivity index (χ0v) is 4.87. The second kappa shape index (κ2) is 2.29. The molecule has 0 aromatic heterocycles. The molecule has 0 aliphatic rings. The minimum absolute atomic E-state index is 2.00. The van der Waals surface area contributed by atoms with Gasteiger partial charge < -0.3 is 10.2 Å². The molecule has 0 saturated carbocycles. The minimum atomic E-state index is -4.85. The van der Waals surface area contributed by atoms with Crippen LogP contribution in [0.15, 0.2) is 0 Å². The molecule has 0 heterocycles. The first kappa shape index (κ1) is 8.34. The average Bonchev–Trinajstić information content (AvgIpc) is 1.62. The molecule has 0 rings (SSSR count). The van der Waals surface area contributed by atoms with Crippen molar-refractivity contribution in [2.45, 2.75) is 5.44 Å². The van der Waals surface area contributed by atoms with E-state index in [4.69, 9.17) is 14.8 Å². The molecule has 1 unspecified atom stereocenters. The van der Waals surface area contributed by atoms with Crippen LogP contribution in [0.25, 0.3) is 0 Å². The van der Waals surface area contributed by atoms with E-state index < -0.39 is 21.5 Å². The van der Waals surface area contributed by atoms with E-state index in [0.717, 1.165) is 0 Å². The highest BCUT2D eigenvalue weighted by molar-refractivity contribution is 7.87. The van der Waals surface area contributed by atoms with E-state index in [1.54, 1.807) is 0 Å².